The number of hydrogen-bond acceptors (Lipinski definition) is 0. The zero-order valence-electron chi connectivity index (χ0n) is 63.6. The first-order valence-corrected chi connectivity index (χ1v) is 36.9. The lowest BCUT2D eigenvalue weighted by Crippen LogP contribution is -2.36. The van der Waals surface area contributed by atoms with Crippen LogP contribution in [0.3, 0.4) is 0 Å². The molecule has 0 N–H and O–H groups in total. The lowest BCUT2D eigenvalue weighted by atomic mass is 9.92. The molecule has 0 saturated carbocycles. The number of benzene rings is 11. The summed E-state index contributed by atoms with van der Waals surface area (Å²) >= 11 is 0. The Morgan fingerprint density at radius 3 is 1.13 bits per heavy atom. The van der Waals surface area contributed by atoms with E-state index >= 15 is 0 Å². The standard InChI is InChI=1S/C21H14N3.C19H18N3.3C18H16N3/c1-22-19-9-10-20-18(11-19)14-23-13-17-8-7-16(12-21(17)24(20)23)15-5-3-2-4-6-15;1-11-12(2)14(4)19-17(13(11)3)10-21-9-15-8-16(20-5)6-7-18(15)22(19)21;1-11-7-15-10-20-9-14-8-16(19-4)5-6-17(14)21(20)18(15)13(3)12(11)2;1-11-7-18-16(13(3)12(11)2)10-20-9-14-8-15(19-4)5-6-17(14)21(18)20;1-11-7-12(2)16-10-20-9-14-8-15(19-4)5-6-17(14)21(20)18(16)13(11)3/h2-12,14H,13H2;6-9H,10H2,1-4H3;3*5-9H,10H2,1-3H3/q5*+1. The summed E-state index contributed by atoms with van der Waals surface area (Å²) in [6.07, 6.45) is 10.7. The maximum absolute atomic E-state index is 7.19. The summed E-state index contributed by atoms with van der Waals surface area (Å²) < 4.78 is 22.7. The molecule has 0 spiro atoms. The average molecular weight is 1420 g/mol. The molecule has 0 atom stereocenters. The van der Waals surface area contributed by atoms with Crippen molar-refractivity contribution in [1.29, 1.82) is 0 Å². The van der Waals surface area contributed by atoms with Gasteiger partial charge >= 0.3 is 0 Å². The van der Waals surface area contributed by atoms with Crippen molar-refractivity contribution in [3.8, 4) is 39.6 Å². The van der Waals surface area contributed by atoms with Crippen LogP contribution in [0.5, 0.6) is 0 Å². The third-order valence-electron chi connectivity index (χ3n) is 23.9. The molecular formula is C94H80N15+5. The van der Waals surface area contributed by atoms with E-state index in [9.17, 15) is 0 Å². The van der Waals surface area contributed by atoms with Gasteiger partial charge in [-0.25, -0.2) is 24.2 Å². The van der Waals surface area contributed by atoms with E-state index in [2.05, 4.69) is 277 Å². The van der Waals surface area contributed by atoms with Crippen LogP contribution in [0.4, 0.5) is 28.4 Å². The zero-order valence-corrected chi connectivity index (χ0v) is 63.6. The van der Waals surface area contributed by atoms with Gasteiger partial charge in [-0.2, -0.15) is 0 Å². The Morgan fingerprint density at radius 1 is 0.257 bits per heavy atom. The van der Waals surface area contributed by atoms with E-state index in [0.717, 1.165) is 65.2 Å². The summed E-state index contributed by atoms with van der Waals surface area (Å²) in [4.78, 5) is 17.6. The first-order valence-electron chi connectivity index (χ1n) is 36.9. The molecule has 21 rings (SSSR count). The van der Waals surface area contributed by atoms with Gasteiger partial charge in [-0.05, 0) is 258 Å². The molecule has 15 heteroatoms. The molecule has 10 heterocycles. The fourth-order valence-electron chi connectivity index (χ4n) is 17.3. The number of aryl methyl sites for hydroxylation is 4. The lowest BCUT2D eigenvalue weighted by molar-refractivity contribution is -0.749. The molecule has 109 heavy (non-hydrogen) atoms. The van der Waals surface area contributed by atoms with Crippen LogP contribution in [0.25, 0.3) is 118 Å². The number of aromatic nitrogens is 10. The highest BCUT2D eigenvalue weighted by atomic mass is 15.4. The molecule has 5 aromatic heterocycles. The Kier molecular flexibility index (Phi) is 16.3. The molecule has 526 valence electrons. The Balaban J connectivity index is 0.0000000996. The molecule has 11 aromatic carbocycles. The second kappa shape index (κ2) is 26.1. The minimum Gasteiger partial charge on any atom is -0.238 e. The number of hydrogen-bond donors (Lipinski definition) is 0. The van der Waals surface area contributed by atoms with Gasteiger partial charge in [-0.3, -0.25) is 0 Å². The van der Waals surface area contributed by atoms with Gasteiger partial charge in [0.05, 0.1) is 76.5 Å². The van der Waals surface area contributed by atoms with E-state index in [1.54, 1.807) is 0 Å². The van der Waals surface area contributed by atoms with Gasteiger partial charge in [-0.15, -0.1) is 46.8 Å². The number of rotatable bonds is 1. The Hall–Kier alpha value is -13.8. The summed E-state index contributed by atoms with van der Waals surface area (Å²) in [5.74, 6) is 0. The van der Waals surface area contributed by atoms with Gasteiger partial charge in [0.15, 0.2) is 61.2 Å². The molecule has 0 unspecified atom stereocenters. The van der Waals surface area contributed by atoms with Gasteiger partial charge in [0.25, 0.3) is 0 Å². The van der Waals surface area contributed by atoms with Crippen molar-refractivity contribution in [2.75, 3.05) is 0 Å². The summed E-state index contributed by atoms with van der Waals surface area (Å²) in [5.41, 5.74) is 42.9. The molecule has 0 fully saturated rings. The molecule has 5 aliphatic rings. The Bertz CT molecular complexity index is 6920. The summed E-state index contributed by atoms with van der Waals surface area (Å²) in [6.45, 7) is 68.9. The van der Waals surface area contributed by atoms with Crippen LogP contribution in [-0.4, -0.2) is 23.4 Å². The van der Waals surface area contributed by atoms with E-state index in [1.807, 2.05) is 72.8 Å². The highest BCUT2D eigenvalue weighted by Crippen LogP contribution is 2.40. The summed E-state index contributed by atoms with van der Waals surface area (Å²) in [6, 6.07) is 53.6. The van der Waals surface area contributed by atoms with Crippen LogP contribution >= 0.6 is 0 Å². The maximum Gasteiger partial charge on any atom is 0.203 e. The molecular weight excluding hydrogens is 1340 g/mol. The normalized spacial score (nSPS) is 12.2. The van der Waals surface area contributed by atoms with E-state index in [4.69, 9.17) is 32.9 Å². The van der Waals surface area contributed by atoms with Crippen molar-refractivity contribution >= 4 is 83.0 Å². The van der Waals surface area contributed by atoms with Crippen LogP contribution < -0.4 is 23.4 Å². The van der Waals surface area contributed by atoms with Crippen molar-refractivity contribution in [3.63, 3.8) is 0 Å². The van der Waals surface area contributed by atoms with Crippen LogP contribution in [0, 0.1) is 123 Å². The molecule has 15 nitrogen and oxygen atoms in total. The largest absolute Gasteiger partial charge is 0.238 e. The smallest absolute Gasteiger partial charge is 0.203 e. The zero-order chi connectivity index (χ0) is 75.9. The van der Waals surface area contributed by atoms with Crippen molar-refractivity contribution in [3.05, 3.63) is 346 Å². The molecule has 0 aliphatic carbocycles. The van der Waals surface area contributed by atoms with Crippen LogP contribution in [0.2, 0.25) is 0 Å². The molecule has 0 bridgehead atoms. The van der Waals surface area contributed by atoms with Crippen molar-refractivity contribution in [2.45, 2.75) is 123 Å². The maximum atomic E-state index is 7.19. The molecule has 0 radical (unpaired) electrons. The van der Waals surface area contributed by atoms with E-state index in [1.165, 1.54) is 162 Å². The topological polar surface area (TPSA) is 65.8 Å². The van der Waals surface area contributed by atoms with Crippen LogP contribution in [0.1, 0.15) is 100 Å². The lowest BCUT2D eigenvalue weighted by Gasteiger charge is -2.13. The molecule has 5 aliphatic heterocycles. The van der Waals surface area contributed by atoms with Gasteiger partial charge in [0.2, 0.25) is 31.0 Å². The van der Waals surface area contributed by atoms with Crippen molar-refractivity contribution in [2.24, 2.45) is 0 Å². The third-order valence-corrected chi connectivity index (χ3v) is 23.9. The highest BCUT2D eigenvalue weighted by molar-refractivity contribution is 5.88. The van der Waals surface area contributed by atoms with E-state index in [-0.39, 0.29) is 0 Å². The van der Waals surface area contributed by atoms with Gasteiger partial charge in [0.1, 0.15) is 56.0 Å². The third kappa shape index (κ3) is 11.0. The van der Waals surface area contributed by atoms with E-state index < -0.39 is 0 Å². The van der Waals surface area contributed by atoms with Crippen LogP contribution in [-0.2, 0) is 32.7 Å². The first-order chi connectivity index (χ1) is 52.6. The quantitative estimate of drug-likeness (QED) is 0.116. The van der Waals surface area contributed by atoms with Crippen LogP contribution in [0.15, 0.2) is 189 Å². The Morgan fingerprint density at radius 2 is 0.624 bits per heavy atom. The second-order valence-corrected chi connectivity index (χ2v) is 29.9. The monoisotopic (exact) mass is 1420 g/mol. The van der Waals surface area contributed by atoms with Crippen molar-refractivity contribution in [1.82, 2.24) is 23.4 Å². The minimum absolute atomic E-state index is 0.686. The van der Waals surface area contributed by atoms with Gasteiger partial charge in [-0.1, -0.05) is 72.8 Å². The Labute approximate surface area is 634 Å². The second-order valence-electron chi connectivity index (χ2n) is 29.9. The van der Waals surface area contributed by atoms with E-state index in [0.29, 0.717) is 28.4 Å². The summed E-state index contributed by atoms with van der Waals surface area (Å²) in [7, 11) is 0. The fraction of sp³-hybridized carbons (Fsp3) is 0.191. The molecule has 16 aromatic rings. The fourth-order valence-corrected chi connectivity index (χ4v) is 17.3. The highest BCUT2D eigenvalue weighted by Gasteiger charge is 2.37. The predicted octanol–water partition coefficient (Wildman–Crippen LogP) is 19.8. The van der Waals surface area contributed by atoms with Gasteiger partial charge < -0.3 is 0 Å². The number of fused-ring (bicyclic) bond motifs is 25. The average Bonchev–Trinajstić information content (AvgIpc) is 1.58. The summed E-state index contributed by atoms with van der Waals surface area (Å²) in [5, 5.41) is 5.64. The minimum atomic E-state index is 0.686. The van der Waals surface area contributed by atoms with Gasteiger partial charge in [0, 0.05) is 11.1 Å². The molecule has 0 saturated heterocycles. The first kappa shape index (κ1) is 68.3. The predicted molar refractivity (Wildman–Crippen MR) is 431 cm³/mol. The van der Waals surface area contributed by atoms with Crippen molar-refractivity contribution < 1.29 is 23.4 Å². The molecule has 0 amide bonds. The SMILES string of the molecule is [C-]#[N+]c1ccc2c(c1)c[n+]1n2-c2c(C)c(C)c(C)c(C)c2C1.[C-]#[N+]c1ccc2c(c1)c[n+]1n2-c2c(C)c(C)cc(C)c2C1.[C-]#[N+]c1ccc2c(c1)c[n+]1n2-c2c(cc(C)c(C)c2C)C1.[C-]#[N+]c1ccc2c(c1)c[n+]1n2-c2cc(-c3ccccc3)ccc2C1.[C-]#[N+]c1ccc2c(c1)c[n+]1n2-c2cc(C)c(C)c(C)c2C1. The number of nitrogens with zero attached hydrogens (tertiary/aromatic N) is 15.